The summed E-state index contributed by atoms with van der Waals surface area (Å²) in [5.41, 5.74) is 0.594. The fraction of sp³-hybridized carbons (Fsp3) is 0.154. The van der Waals surface area contributed by atoms with Crippen molar-refractivity contribution in [3.63, 3.8) is 0 Å². The highest BCUT2D eigenvalue weighted by Crippen LogP contribution is 2.40. The third-order valence-electron chi connectivity index (χ3n) is 2.53. The minimum Gasteiger partial charge on any atom is -0.494 e. The van der Waals surface area contributed by atoms with E-state index in [0.29, 0.717) is 20.9 Å². The summed E-state index contributed by atoms with van der Waals surface area (Å²) in [6, 6.07) is 7.09. The molecule has 0 aliphatic carbocycles. The number of carbonyl (C=O) groups is 1. The van der Waals surface area contributed by atoms with Gasteiger partial charge < -0.3 is 9.47 Å². The Kier molecular flexibility index (Phi) is 4.91. The zero-order chi connectivity index (χ0) is 14.7. The van der Waals surface area contributed by atoms with Crippen molar-refractivity contribution in [2.75, 3.05) is 19.1 Å². The van der Waals surface area contributed by atoms with E-state index in [-0.39, 0.29) is 0 Å². The fourth-order valence-electron chi connectivity index (χ4n) is 1.68. The molecule has 0 unspecified atom stereocenters. The molecule has 1 aromatic heterocycles. The number of hydrogen-bond donors (Lipinski definition) is 0. The molecule has 0 aliphatic heterocycles. The van der Waals surface area contributed by atoms with Gasteiger partial charge in [-0.3, -0.25) is 0 Å². The summed E-state index contributed by atoms with van der Waals surface area (Å²) in [7, 11) is 2.87. The highest BCUT2D eigenvalue weighted by atomic mass is 79.9. The molecule has 1 aromatic carbocycles. The molecular formula is C13H11BrClNO3S. The Morgan fingerprint density at radius 2 is 2.15 bits per heavy atom. The van der Waals surface area contributed by atoms with Crippen LogP contribution in [-0.4, -0.2) is 20.3 Å². The first-order valence-electron chi connectivity index (χ1n) is 5.53. The van der Waals surface area contributed by atoms with Crippen molar-refractivity contribution in [3.8, 4) is 5.75 Å². The van der Waals surface area contributed by atoms with Gasteiger partial charge >= 0.3 is 6.09 Å². The number of nitrogens with zero attached hydrogens (tertiary/aromatic N) is 1. The highest BCUT2D eigenvalue weighted by Gasteiger charge is 2.22. The van der Waals surface area contributed by atoms with E-state index >= 15 is 0 Å². The quantitative estimate of drug-likeness (QED) is 0.750. The van der Waals surface area contributed by atoms with E-state index in [9.17, 15) is 4.79 Å². The number of hydrogen-bond acceptors (Lipinski definition) is 4. The van der Waals surface area contributed by atoms with Gasteiger partial charge in [-0.25, -0.2) is 9.69 Å². The zero-order valence-electron chi connectivity index (χ0n) is 10.7. The van der Waals surface area contributed by atoms with E-state index < -0.39 is 6.09 Å². The number of amides is 1. The molecule has 0 aliphatic rings. The van der Waals surface area contributed by atoms with E-state index in [4.69, 9.17) is 21.1 Å². The van der Waals surface area contributed by atoms with E-state index in [2.05, 4.69) is 15.9 Å². The number of benzene rings is 1. The molecule has 20 heavy (non-hydrogen) atoms. The van der Waals surface area contributed by atoms with Crippen molar-refractivity contribution in [3.05, 3.63) is 39.1 Å². The lowest BCUT2D eigenvalue weighted by Crippen LogP contribution is -2.24. The summed E-state index contributed by atoms with van der Waals surface area (Å²) in [6.07, 6.45) is -0.486. The number of thiophene rings is 1. The second-order valence-electron chi connectivity index (χ2n) is 3.70. The van der Waals surface area contributed by atoms with Crippen LogP contribution >= 0.6 is 38.9 Å². The Balaban J connectivity index is 2.53. The number of halogens is 2. The van der Waals surface area contributed by atoms with E-state index in [1.54, 1.807) is 12.1 Å². The lowest BCUT2D eigenvalue weighted by Gasteiger charge is -2.20. The average molecular weight is 377 g/mol. The second kappa shape index (κ2) is 6.47. The maximum atomic E-state index is 12.0. The van der Waals surface area contributed by atoms with Crippen molar-refractivity contribution in [2.45, 2.75) is 0 Å². The number of anilines is 2. The number of rotatable bonds is 3. The monoisotopic (exact) mass is 375 g/mol. The summed E-state index contributed by atoms with van der Waals surface area (Å²) in [6.45, 7) is 0. The summed E-state index contributed by atoms with van der Waals surface area (Å²) < 4.78 is 10.7. The van der Waals surface area contributed by atoms with Crippen molar-refractivity contribution in [1.29, 1.82) is 0 Å². The van der Waals surface area contributed by atoms with Gasteiger partial charge in [0.05, 0.1) is 29.4 Å². The Labute approximate surface area is 134 Å². The summed E-state index contributed by atoms with van der Waals surface area (Å²) in [5, 5.41) is 3.03. The zero-order valence-corrected chi connectivity index (χ0v) is 13.9. The van der Waals surface area contributed by atoms with Gasteiger partial charge in [0.25, 0.3) is 0 Å². The van der Waals surface area contributed by atoms with Crippen molar-refractivity contribution >= 4 is 55.6 Å². The molecule has 0 bridgehead atoms. The molecule has 2 rings (SSSR count). The number of ether oxygens (including phenoxy) is 2. The van der Waals surface area contributed by atoms with Gasteiger partial charge in [-0.05, 0) is 45.6 Å². The molecule has 7 heteroatoms. The van der Waals surface area contributed by atoms with Crippen LogP contribution in [0.25, 0.3) is 0 Å². The van der Waals surface area contributed by atoms with Crippen LogP contribution in [0, 0.1) is 0 Å². The topological polar surface area (TPSA) is 38.8 Å². The third kappa shape index (κ3) is 2.92. The first-order valence-corrected chi connectivity index (χ1v) is 7.58. The number of carbonyl (C=O) groups excluding carboxylic acids is 1. The van der Waals surface area contributed by atoms with E-state index in [1.807, 2.05) is 17.5 Å². The van der Waals surface area contributed by atoms with Gasteiger partial charge in [-0.15, -0.1) is 11.3 Å². The van der Waals surface area contributed by atoms with Gasteiger partial charge in [0.15, 0.2) is 5.75 Å². The normalized spacial score (nSPS) is 10.2. The Bertz CT molecular complexity index is 595. The predicted octanol–water partition coefficient (Wildman–Crippen LogP) is 5.08. The number of methoxy groups -OCH3 is 2. The van der Waals surface area contributed by atoms with E-state index in [0.717, 1.165) is 5.00 Å². The lowest BCUT2D eigenvalue weighted by molar-refractivity contribution is 0.182. The Morgan fingerprint density at radius 3 is 2.65 bits per heavy atom. The van der Waals surface area contributed by atoms with Gasteiger partial charge in [-0.2, -0.15) is 0 Å². The third-order valence-corrected chi connectivity index (χ3v) is 4.25. The molecule has 0 fully saturated rings. The maximum Gasteiger partial charge on any atom is 0.419 e. The van der Waals surface area contributed by atoms with Crippen molar-refractivity contribution in [2.24, 2.45) is 0 Å². The van der Waals surface area contributed by atoms with E-state index in [1.165, 1.54) is 30.5 Å². The van der Waals surface area contributed by atoms with Crippen LogP contribution in [0.5, 0.6) is 5.75 Å². The molecule has 1 amide bonds. The lowest BCUT2D eigenvalue weighted by atomic mass is 10.2. The molecule has 0 spiro atoms. The molecule has 106 valence electrons. The van der Waals surface area contributed by atoms with Crippen LogP contribution in [0.1, 0.15) is 0 Å². The molecule has 0 radical (unpaired) electrons. The maximum absolute atomic E-state index is 12.0. The summed E-state index contributed by atoms with van der Waals surface area (Å²) in [5.74, 6) is 0.520. The van der Waals surface area contributed by atoms with Crippen LogP contribution < -0.4 is 9.64 Å². The molecule has 4 nitrogen and oxygen atoms in total. The highest BCUT2D eigenvalue weighted by molar-refractivity contribution is 9.10. The largest absolute Gasteiger partial charge is 0.494 e. The minimum atomic E-state index is -0.486. The Hall–Kier alpha value is -1.24. The smallest absolute Gasteiger partial charge is 0.419 e. The molecule has 1 heterocycles. The van der Waals surface area contributed by atoms with Gasteiger partial charge in [0.2, 0.25) is 0 Å². The van der Waals surface area contributed by atoms with Crippen LogP contribution in [0.15, 0.2) is 34.1 Å². The van der Waals surface area contributed by atoms with Gasteiger partial charge in [0.1, 0.15) is 5.00 Å². The predicted molar refractivity (Wildman–Crippen MR) is 84.6 cm³/mol. The summed E-state index contributed by atoms with van der Waals surface area (Å²) in [4.78, 5) is 13.5. The fourth-order valence-corrected chi connectivity index (χ4v) is 3.44. The molecule has 0 N–H and O–H groups in total. The average Bonchev–Trinajstić information content (AvgIpc) is 2.92. The van der Waals surface area contributed by atoms with Crippen LogP contribution in [-0.2, 0) is 4.74 Å². The molecule has 0 saturated heterocycles. The van der Waals surface area contributed by atoms with Crippen LogP contribution in [0.2, 0.25) is 5.02 Å². The van der Waals surface area contributed by atoms with Crippen molar-refractivity contribution < 1.29 is 14.3 Å². The standard InChI is InChI=1S/C13H11BrClNO3S/c1-18-12-9(14)6-8(7-10(12)15)16(13(17)19-2)11-4-3-5-20-11/h3-7H,1-2H3. The molecular weight excluding hydrogens is 366 g/mol. The van der Waals surface area contributed by atoms with Crippen LogP contribution in [0.4, 0.5) is 15.5 Å². The summed E-state index contributed by atoms with van der Waals surface area (Å²) >= 11 is 11.0. The first-order chi connectivity index (χ1) is 9.58. The first kappa shape index (κ1) is 15.2. The molecule has 2 aromatic rings. The molecule has 0 atom stereocenters. The molecule has 0 saturated carbocycles. The minimum absolute atomic E-state index is 0.405. The second-order valence-corrected chi connectivity index (χ2v) is 5.89. The Morgan fingerprint density at radius 1 is 1.40 bits per heavy atom. The van der Waals surface area contributed by atoms with Gasteiger partial charge in [0, 0.05) is 0 Å². The van der Waals surface area contributed by atoms with Crippen LogP contribution in [0.3, 0.4) is 0 Å². The SMILES string of the molecule is COC(=O)N(c1cc(Cl)c(OC)c(Br)c1)c1cccs1. The van der Waals surface area contributed by atoms with Gasteiger partial charge in [-0.1, -0.05) is 11.6 Å². The van der Waals surface area contributed by atoms with Crippen molar-refractivity contribution in [1.82, 2.24) is 0 Å².